The molecular formula is C18H17ClFN3O2. The van der Waals surface area contributed by atoms with E-state index in [9.17, 15) is 9.18 Å². The Morgan fingerprint density at radius 1 is 1.40 bits per heavy atom. The molecule has 1 heterocycles. The number of aromatic nitrogens is 2. The van der Waals surface area contributed by atoms with E-state index >= 15 is 0 Å². The number of imidazole rings is 1. The Hall–Kier alpha value is -2.60. The van der Waals surface area contributed by atoms with E-state index in [4.69, 9.17) is 16.3 Å². The van der Waals surface area contributed by atoms with Crippen molar-refractivity contribution in [3.63, 3.8) is 0 Å². The highest BCUT2D eigenvalue weighted by atomic mass is 35.5. The predicted molar refractivity (Wildman–Crippen MR) is 94.6 cm³/mol. The summed E-state index contributed by atoms with van der Waals surface area (Å²) in [4.78, 5) is 16.7. The van der Waals surface area contributed by atoms with Gasteiger partial charge in [-0.15, -0.1) is 0 Å². The fourth-order valence-electron chi connectivity index (χ4n) is 2.80. The number of nitrogens with one attached hydrogen (secondary N) is 1. The van der Waals surface area contributed by atoms with E-state index in [-0.39, 0.29) is 23.0 Å². The van der Waals surface area contributed by atoms with Gasteiger partial charge in [0.1, 0.15) is 11.6 Å². The van der Waals surface area contributed by atoms with Crippen molar-refractivity contribution in [1.82, 2.24) is 14.9 Å². The highest BCUT2D eigenvalue weighted by Gasteiger charge is 2.15. The zero-order valence-corrected chi connectivity index (χ0v) is 14.8. The minimum absolute atomic E-state index is 0.0258. The average Bonchev–Trinajstić information content (AvgIpc) is 2.98. The second kappa shape index (κ2) is 6.72. The molecule has 0 aliphatic heterocycles. The van der Waals surface area contributed by atoms with Crippen LogP contribution >= 0.6 is 11.6 Å². The summed E-state index contributed by atoms with van der Waals surface area (Å²) >= 11 is 5.80. The van der Waals surface area contributed by atoms with E-state index in [0.29, 0.717) is 11.3 Å². The summed E-state index contributed by atoms with van der Waals surface area (Å²) in [5.41, 5.74) is 3.22. The summed E-state index contributed by atoms with van der Waals surface area (Å²) in [6, 6.07) is 6.36. The minimum atomic E-state index is -0.613. The standard InChI is InChI=1S/C18H17ClFN3O2/c1-10-6-11(7-13(20)16(10)19)18(24)21-8-12-15(25-3)5-4-14-17(12)23(2)9-22-14/h4-7,9H,8H2,1-3H3,(H,21,24). The van der Waals surface area contributed by atoms with Gasteiger partial charge < -0.3 is 14.6 Å². The van der Waals surface area contributed by atoms with Gasteiger partial charge in [-0.25, -0.2) is 9.37 Å². The lowest BCUT2D eigenvalue weighted by atomic mass is 10.1. The van der Waals surface area contributed by atoms with Crippen molar-refractivity contribution < 1.29 is 13.9 Å². The molecule has 0 aliphatic rings. The van der Waals surface area contributed by atoms with E-state index in [1.54, 1.807) is 26.4 Å². The van der Waals surface area contributed by atoms with Crippen molar-refractivity contribution in [2.24, 2.45) is 7.05 Å². The molecule has 0 saturated heterocycles. The maximum absolute atomic E-state index is 13.8. The molecule has 25 heavy (non-hydrogen) atoms. The molecule has 0 aliphatic carbocycles. The van der Waals surface area contributed by atoms with E-state index in [1.807, 2.05) is 23.7 Å². The topological polar surface area (TPSA) is 56.1 Å². The number of ether oxygens (including phenoxy) is 1. The first kappa shape index (κ1) is 17.2. The lowest BCUT2D eigenvalue weighted by Crippen LogP contribution is -2.23. The van der Waals surface area contributed by atoms with E-state index in [0.717, 1.165) is 22.7 Å². The molecule has 1 aromatic heterocycles. The smallest absolute Gasteiger partial charge is 0.251 e. The molecule has 3 rings (SSSR count). The summed E-state index contributed by atoms with van der Waals surface area (Å²) in [6.45, 7) is 1.88. The fourth-order valence-corrected chi connectivity index (χ4v) is 2.91. The van der Waals surface area contributed by atoms with Crippen LogP contribution in [0.25, 0.3) is 11.0 Å². The Morgan fingerprint density at radius 2 is 2.16 bits per heavy atom. The molecule has 0 spiro atoms. The Morgan fingerprint density at radius 3 is 2.84 bits per heavy atom. The molecule has 130 valence electrons. The highest BCUT2D eigenvalue weighted by molar-refractivity contribution is 6.31. The van der Waals surface area contributed by atoms with Gasteiger partial charge in [-0.1, -0.05) is 11.6 Å². The van der Waals surface area contributed by atoms with Gasteiger partial charge >= 0.3 is 0 Å². The zero-order valence-electron chi connectivity index (χ0n) is 14.1. The molecule has 5 nitrogen and oxygen atoms in total. The van der Waals surface area contributed by atoms with Crippen LogP contribution < -0.4 is 10.1 Å². The first-order valence-electron chi connectivity index (χ1n) is 7.63. The minimum Gasteiger partial charge on any atom is -0.496 e. The molecular weight excluding hydrogens is 345 g/mol. The summed E-state index contributed by atoms with van der Waals surface area (Å²) in [7, 11) is 3.44. The molecule has 0 fully saturated rings. The van der Waals surface area contributed by atoms with Gasteiger partial charge in [0.2, 0.25) is 0 Å². The van der Waals surface area contributed by atoms with Gasteiger partial charge in [0.05, 0.1) is 29.5 Å². The Balaban J connectivity index is 1.90. The number of carbonyl (C=O) groups excluding carboxylic acids is 1. The van der Waals surface area contributed by atoms with Crippen molar-refractivity contribution in [3.05, 3.63) is 58.1 Å². The quantitative estimate of drug-likeness (QED) is 0.772. The van der Waals surface area contributed by atoms with Crippen LogP contribution in [-0.2, 0) is 13.6 Å². The number of hydrogen-bond donors (Lipinski definition) is 1. The number of hydrogen-bond acceptors (Lipinski definition) is 3. The van der Waals surface area contributed by atoms with Crippen LogP contribution in [0.5, 0.6) is 5.75 Å². The Bertz CT molecular complexity index is 945. The maximum atomic E-state index is 13.8. The van der Waals surface area contributed by atoms with Gasteiger partial charge in [0.15, 0.2) is 0 Å². The first-order chi connectivity index (χ1) is 11.9. The Kier molecular flexibility index (Phi) is 4.63. The van der Waals surface area contributed by atoms with E-state index in [2.05, 4.69) is 10.3 Å². The molecule has 3 aromatic rings. The van der Waals surface area contributed by atoms with Crippen LogP contribution in [0.4, 0.5) is 4.39 Å². The number of methoxy groups -OCH3 is 1. The van der Waals surface area contributed by atoms with E-state index in [1.165, 1.54) is 0 Å². The number of halogens is 2. The molecule has 0 bridgehead atoms. The number of nitrogens with zero attached hydrogens (tertiary/aromatic N) is 2. The van der Waals surface area contributed by atoms with Gasteiger partial charge in [-0.3, -0.25) is 4.79 Å². The number of benzene rings is 2. The summed E-state index contributed by atoms with van der Waals surface area (Å²) in [6.07, 6.45) is 1.70. The number of amides is 1. The number of fused-ring (bicyclic) bond motifs is 1. The molecule has 0 saturated carbocycles. The third-order valence-electron chi connectivity index (χ3n) is 4.06. The predicted octanol–water partition coefficient (Wildman–Crippen LogP) is 3.61. The van der Waals surface area contributed by atoms with Gasteiger partial charge in [0.25, 0.3) is 5.91 Å². The van der Waals surface area contributed by atoms with Crippen LogP contribution in [0.1, 0.15) is 21.5 Å². The summed E-state index contributed by atoms with van der Waals surface area (Å²) < 4.78 is 21.0. The first-order valence-corrected chi connectivity index (χ1v) is 8.01. The third-order valence-corrected chi connectivity index (χ3v) is 4.54. The lowest BCUT2D eigenvalue weighted by molar-refractivity contribution is 0.0950. The van der Waals surface area contributed by atoms with Crippen molar-refractivity contribution in [2.45, 2.75) is 13.5 Å². The number of rotatable bonds is 4. The van der Waals surface area contributed by atoms with Crippen molar-refractivity contribution in [1.29, 1.82) is 0 Å². The number of carbonyl (C=O) groups is 1. The van der Waals surface area contributed by atoms with Gasteiger partial charge in [0, 0.05) is 24.7 Å². The SMILES string of the molecule is COc1ccc2ncn(C)c2c1CNC(=O)c1cc(C)c(Cl)c(F)c1. The monoisotopic (exact) mass is 361 g/mol. The second-order valence-electron chi connectivity index (χ2n) is 5.74. The molecule has 0 radical (unpaired) electrons. The largest absolute Gasteiger partial charge is 0.496 e. The van der Waals surface area contributed by atoms with E-state index < -0.39 is 5.82 Å². The summed E-state index contributed by atoms with van der Waals surface area (Å²) in [5.74, 6) is -0.354. The van der Waals surface area contributed by atoms with Crippen molar-refractivity contribution in [2.75, 3.05) is 7.11 Å². The van der Waals surface area contributed by atoms with Crippen LogP contribution in [0.15, 0.2) is 30.6 Å². The molecule has 0 atom stereocenters. The van der Waals surface area contributed by atoms with Crippen LogP contribution in [0.3, 0.4) is 0 Å². The zero-order chi connectivity index (χ0) is 18.1. The number of aryl methyl sites for hydroxylation is 2. The normalized spacial score (nSPS) is 10.9. The van der Waals surface area contributed by atoms with Crippen molar-refractivity contribution >= 4 is 28.5 Å². The van der Waals surface area contributed by atoms with Crippen LogP contribution in [0.2, 0.25) is 5.02 Å². The molecule has 2 aromatic carbocycles. The fraction of sp³-hybridized carbons (Fsp3) is 0.222. The Labute approximate surface area is 149 Å². The van der Waals surface area contributed by atoms with Crippen LogP contribution in [0, 0.1) is 12.7 Å². The lowest BCUT2D eigenvalue weighted by Gasteiger charge is -2.13. The highest BCUT2D eigenvalue weighted by Crippen LogP contribution is 2.27. The molecule has 0 unspecified atom stereocenters. The average molecular weight is 362 g/mol. The van der Waals surface area contributed by atoms with Crippen molar-refractivity contribution in [3.8, 4) is 5.75 Å². The maximum Gasteiger partial charge on any atom is 0.251 e. The van der Waals surface area contributed by atoms with Gasteiger partial charge in [-0.2, -0.15) is 0 Å². The molecule has 1 amide bonds. The third kappa shape index (κ3) is 3.17. The molecule has 7 heteroatoms. The van der Waals surface area contributed by atoms with Gasteiger partial charge in [-0.05, 0) is 36.8 Å². The van der Waals surface area contributed by atoms with Crippen LogP contribution in [-0.4, -0.2) is 22.6 Å². The second-order valence-corrected chi connectivity index (χ2v) is 6.12. The summed E-state index contributed by atoms with van der Waals surface area (Å²) in [5, 5.41) is 2.83. The molecule has 1 N–H and O–H groups in total.